The lowest BCUT2D eigenvalue weighted by molar-refractivity contribution is -0.136. The first-order valence-corrected chi connectivity index (χ1v) is 11.0. The maximum atomic E-state index is 13.5. The molecule has 2 amide bonds. The number of hydrogen-bond acceptors (Lipinski definition) is 3. The highest BCUT2D eigenvalue weighted by Gasteiger charge is 2.43. The van der Waals surface area contributed by atoms with Crippen molar-refractivity contribution in [3.8, 4) is 0 Å². The molecule has 27 heavy (non-hydrogen) atoms. The lowest BCUT2D eigenvalue weighted by Crippen LogP contribution is -2.59. The summed E-state index contributed by atoms with van der Waals surface area (Å²) in [5.41, 5.74) is 1.00. The van der Waals surface area contributed by atoms with Gasteiger partial charge in [-0.25, -0.2) is 4.39 Å². The zero-order chi connectivity index (χ0) is 19.7. The van der Waals surface area contributed by atoms with Crippen LogP contribution in [0.4, 0.5) is 4.39 Å². The van der Waals surface area contributed by atoms with Crippen molar-refractivity contribution in [2.24, 2.45) is 11.8 Å². The summed E-state index contributed by atoms with van der Waals surface area (Å²) in [7, 11) is 0. The molecule has 0 bridgehead atoms. The minimum atomic E-state index is -0.297. The summed E-state index contributed by atoms with van der Waals surface area (Å²) in [5.74, 6) is 0.623. The fourth-order valence-corrected chi connectivity index (χ4v) is 4.82. The molecule has 1 aliphatic heterocycles. The molecule has 4 nitrogen and oxygen atoms in total. The van der Waals surface area contributed by atoms with Crippen LogP contribution in [0.25, 0.3) is 0 Å². The molecular formula is C21H29FN2O2S. The van der Waals surface area contributed by atoms with Crippen molar-refractivity contribution in [1.29, 1.82) is 0 Å². The first kappa shape index (κ1) is 20.2. The first-order valence-electron chi connectivity index (χ1n) is 9.72. The van der Waals surface area contributed by atoms with E-state index in [2.05, 4.69) is 13.8 Å². The number of carbonyl (C=O) groups excluding carboxylic acids is 2. The van der Waals surface area contributed by atoms with E-state index >= 15 is 0 Å². The van der Waals surface area contributed by atoms with E-state index in [1.807, 2.05) is 16.1 Å². The summed E-state index contributed by atoms with van der Waals surface area (Å²) in [6.07, 6.45) is 4.24. The zero-order valence-electron chi connectivity index (χ0n) is 16.6. The highest BCUT2D eigenvalue weighted by molar-refractivity contribution is 7.99. The van der Waals surface area contributed by atoms with Gasteiger partial charge in [0.2, 0.25) is 5.91 Å². The van der Waals surface area contributed by atoms with Gasteiger partial charge in [-0.2, -0.15) is 11.8 Å². The van der Waals surface area contributed by atoms with Gasteiger partial charge < -0.3 is 9.80 Å². The van der Waals surface area contributed by atoms with Crippen molar-refractivity contribution in [1.82, 2.24) is 9.80 Å². The van der Waals surface area contributed by atoms with E-state index < -0.39 is 0 Å². The van der Waals surface area contributed by atoms with Gasteiger partial charge in [0.25, 0.3) is 5.91 Å². The minimum Gasteiger partial charge on any atom is -0.335 e. The van der Waals surface area contributed by atoms with Gasteiger partial charge in [0, 0.05) is 25.2 Å². The molecule has 2 aliphatic rings. The molecule has 6 heteroatoms. The Morgan fingerprint density at radius 2 is 1.93 bits per heavy atom. The van der Waals surface area contributed by atoms with Crippen LogP contribution in [0.1, 0.15) is 42.6 Å². The van der Waals surface area contributed by atoms with E-state index in [1.54, 1.807) is 30.8 Å². The smallest absolute Gasteiger partial charge is 0.253 e. The van der Waals surface area contributed by atoms with Gasteiger partial charge in [0.15, 0.2) is 0 Å². The van der Waals surface area contributed by atoms with Gasteiger partial charge in [0.05, 0.1) is 11.3 Å². The molecule has 1 aromatic rings. The van der Waals surface area contributed by atoms with Crippen LogP contribution in [0.15, 0.2) is 18.2 Å². The summed E-state index contributed by atoms with van der Waals surface area (Å²) < 4.78 is 13.5. The van der Waals surface area contributed by atoms with Crippen LogP contribution >= 0.6 is 11.8 Å². The molecule has 1 aliphatic carbocycles. The summed E-state index contributed by atoms with van der Waals surface area (Å²) in [4.78, 5) is 29.9. The van der Waals surface area contributed by atoms with E-state index in [-0.39, 0.29) is 34.8 Å². The Hall–Kier alpha value is -1.56. The quantitative estimate of drug-likeness (QED) is 0.769. The summed E-state index contributed by atoms with van der Waals surface area (Å²) in [6.45, 7) is 7.53. The Bertz CT molecular complexity index is 720. The van der Waals surface area contributed by atoms with Gasteiger partial charge in [-0.3, -0.25) is 9.59 Å². The van der Waals surface area contributed by atoms with Gasteiger partial charge in [0.1, 0.15) is 5.82 Å². The maximum Gasteiger partial charge on any atom is 0.253 e. The third-order valence-electron chi connectivity index (χ3n) is 5.66. The summed E-state index contributed by atoms with van der Waals surface area (Å²) in [5, 5.41) is -0.0340. The minimum absolute atomic E-state index is 0.0340. The fourth-order valence-electron chi connectivity index (χ4n) is 3.93. The van der Waals surface area contributed by atoms with Crippen LogP contribution in [0.3, 0.4) is 0 Å². The highest BCUT2D eigenvalue weighted by atomic mass is 32.2. The highest BCUT2D eigenvalue weighted by Crippen LogP contribution is 2.38. The number of amides is 2. The van der Waals surface area contributed by atoms with Crippen molar-refractivity contribution in [3.63, 3.8) is 0 Å². The number of rotatable bonds is 5. The second kappa shape index (κ2) is 8.21. The van der Waals surface area contributed by atoms with Crippen molar-refractivity contribution in [2.75, 3.05) is 25.9 Å². The largest absolute Gasteiger partial charge is 0.335 e. The fraction of sp³-hybridized carbons (Fsp3) is 0.619. The molecule has 1 aromatic carbocycles. The molecule has 0 spiro atoms. The second-order valence-electron chi connectivity index (χ2n) is 8.05. The summed E-state index contributed by atoms with van der Waals surface area (Å²) in [6, 6.07) is 4.62. The Morgan fingerprint density at radius 1 is 1.22 bits per heavy atom. The number of benzene rings is 1. The van der Waals surface area contributed by atoms with Gasteiger partial charge in [-0.15, -0.1) is 0 Å². The molecule has 1 saturated heterocycles. The number of piperazine rings is 1. The third kappa shape index (κ3) is 4.31. The van der Waals surface area contributed by atoms with E-state index in [9.17, 15) is 14.0 Å². The van der Waals surface area contributed by atoms with Crippen molar-refractivity contribution in [3.05, 3.63) is 35.1 Å². The molecule has 1 heterocycles. The maximum absolute atomic E-state index is 13.5. The Labute approximate surface area is 165 Å². The Morgan fingerprint density at radius 3 is 2.48 bits per heavy atom. The molecule has 2 atom stereocenters. The van der Waals surface area contributed by atoms with Crippen LogP contribution in [0.2, 0.25) is 0 Å². The topological polar surface area (TPSA) is 40.6 Å². The Balaban J connectivity index is 1.75. The number of hydrogen-bond donors (Lipinski definition) is 0. The molecule has 148 valence electrons. The van der Waals surface area contributed by atoms with Crippen LogP contribution in [-0.2, 0) is 4.79 Å². The monoisotopic (exact) mass is 392 g/mol. The Kier molecular flexibility index (Phi) is 6.14. The molecule has 2 unspecified atom stereocenters. The predicted molar refractivity (Wildman–Crippen MR) is 107 cm³/mol. The molecule has 0 aromatic heterocycles. The molecule has 2 fully saturated rings. The second-order valence-corrected chi connectivity index (χ2v) is 9.03. The lowest BCUT2D eigenvalue weighted by Gasteiger charge is -2.43. The number of thioether (sulfide) groups is 1. The average Bonchev–Trinajstić information content (AvgIpc) is 3.48. The lowest BCUT2D eigenvalue weighted by atomic mass is 10.0. The van der Waals surface area contributed by atoms with E-state index in [0.29, 0.717) is 36.7 Å². The van der Waals surface area contributed by atoms with Crippen LogP contribution in [0.5, 0.6) is 0 Å². The molecular weight excluding hydrogens is 363 g/mol. The third-order valence-corrected chi connectivity index (χ3v) is 6.92. The molecule has 3 rings (SSSR count). The van der Waals surface area contributed by atoms with Crippen LogP contribution in [-0.4, -0.2) is 58.8 Å². The van der Waals surface area contributed by atoms with Gasteiger partial charge in [-0.1, -0.05) is 13.8 Å². The summed E-state index contributed by atoms with van der Waals surface area (Å²) >= 11 is 1.61. The molecule has 0 N–H and O–H groups in total. The first-order chi connectivity index (χ1) is 12.8. The average molecular weight is 393 g/mol. The van der Waals surface area contributed by atoms with E-state index in [1.165, 1.54) is 6.07 Å². The van der Waals surface area contributed by atoms with Gasteiger partial charge >= 0.3 is 0 Å². The van der Waals surface area contributed by atoms with E-state index in [0.717, 1.165) is 12.8 Å². The predicted octanol–water partition coefficient (Wildman–Crippen LogP) is 3.58. The molecule has 0 radical (unpaired) electrons. The van der Waals surface area contributed by atoms with Crippen LogP contribution < -0.4 is 0 Å². The number of aryl methyl sites for hydroxylation is 1. The number of carbonyl (C=O) groups is 2. The number of nitrogens with zero attached hydrogens (tertiary/aromatic N) is 2. The van der Waals surface area contributed by atoms with Gasteiger partial charge in [-0.05, 0) is 61.6 Å². The van der Waals surface area contributed by atoms with Crippen molar-refractivity contribution >= 4 is 23.6 Å². The zero-order valence-corrected chi connectivity index (χ0v) is 17.4. The van der Waals surface area contributed by atoms with Crippen LogP contribution in [0, 0.1) is 24.6 Å². The molecule has 1 saturated carbocycles. The normalized spacial score (nSPS) is 21.5. The SMILES string of the molecule is CSC(C(=O)N1CCN(C(=O)c2ccc(F)c(C)c2)CC1C1CC1)C(C)C. The van der Waals surface area contributed by atoms with Crippen molar-refractivity contribution in [2.45, 2.75) is 44.9 Å². The standard InChI is InChI=1S/C21H29FN2O2S/c1-13(2)19(27-4)21(26)24-10-9-23(12-18(24)15-5-6-15)20(25)16-7-8-17(22)14(3)11-16/h7-8,11,13,15,18-19H,5-6,9-10,12H2,1-4H3. The van der Waals surface area contributed by atoms with Crippen molar-refractivity contribution < 1.29 is 14.0 Å². The van der Waals surface area contributed by atoms with E-state index in [4.69, 9.17) is 0 Å². The number of halogens is 1.